The van der Waals surface area contributed by atoms with Crippen LogP contribution < -0.4 is 21.8 Å². The zero-order valence-corrected chi connectivity index (χ0v) is 27.1. The van der Waals surface area contributed by atoms with Crippen LogP contribution in [0.15, 0.2) is 78.1 Å². The molecule has 0 bridgehead atoms. The third-order valence-corrected chi connectivity index (χ3v) is 9.21. The molecule has 15 heteroatoms. The number of benzene rings is 2. The number of aromatic nitrogens is 4. The molecule has 3 aromatic heterocycles. The summed E-state index contributed by atoms with van der Waals surface area (Å²) < 4.78 is 32.8. The van der Waals surface area contributed by atoms with Crippen molar-refractivity contribution >= 4 is 29.4 Å². The van der Waals surface area contributed by atoms with Crippen molar-refractivity contribution < 1.29 is 28.3 Å². The van der Waals surface area contributed by atoms with E-state index in [0.29, 0.717) is 56.6 Å². The number of nitrogen functional groups attached to an aromatic ring is 1. The van der Waals surface area contributed by atoms with Crippen molar-refractivity contribution in [2.75, 3.05) is 30.7 Å². The number of aryl methyl sites for hydroxylation is 1. The van der Waals surface area contributed by atoms with Gasteiger partial charge in [0.2, 0.25) is 5.43 Å². The van der Waals surface area contributed by atoms with E-state index in [2.05, 4.69) is 20.7 Å². The minimum absolute atomic E-state index is 0.0341. The second kappa shape index (κ2) is 13.5. The highest BCUT2D eigenvalue weighted by Gasteiger charge is 2.27. The summed E-state index contributed by atoms with van der Waals surface area (Å²) in [7, 11) is 0. The van der Waals surface area contributed by atoms with Crippen molar-refractivity contribution in [3.63, 3.8) is 0 Å². The van der Waals surface area contributed by atoms with Gasteiger partial charge in [0.25, 0.3) is 11.8 Å². The van der Waals surface area contributed by atoms with E-state index < -0.39 is 35.0 Å². The highest BCUT2D eigenvalue weighted by Crippen LogP contribution is 2.33. The quantitative estimate of drug-likeness (QED) is 0.192. The molecule has 0 radical (unpaired) electrons. The Hall–Kier alpha value is -6.38. The molecule has 5 aromatic rings. The van der Waals surface area contributed by atoms with Gasteiger partial charge in [0.05, 0.1) is 17.8 Å². The number of anilines is 2. The second-order valence-corrected chi connectivity index (χ2v) is 12.4. The Morgan fingerprint density at radius 3 is 2.41 bits per heavy atom. The predicted octanol–water partition coefficient (Wildman–Crippen LogP) is 5.00. The number of nitrogens with two attached hydrogens (primary N) is 1. The largest absolute Gasteiger partial charge is 0.465 e. The van der Waals surface area contributed by atoms with Crippen molar-refractivity contribution in [2.24, 2.45) is 0 Å². The first kappa shape index (κ1) is 33.1. The fourth-order valence-electron chi connectivity index (χ4n) is 6.53. The molecule has 7 rings (SSSR count). The molecule has 0 aliphatic carbocycles. The Morgan fingerprint density at radius 1 is 0.922 bits per heavy atom. The van der Waals surface area contributed by atoms with Gasteiger partial charge < -0.3 is 30.9 Å². The lowest BCUT2D eigenvalue weighted by molar-refractivity contribution is 0.0948. The molecular formula is C36H32F2N8O5. The minimum atomic E-state index is -0.938. The van der Waals surface area contributed by atoms with Crippen molar-refractivity contribution in [3.05, 3.63) is 106 Å². The number of pyridine rings is 2. The smallest absolute Gasteiger partial charge is 0.407 e. The minimum Gasteiger partial charge on any atom is -0.465 e. The van der Waals surface area contributed by atoms with E-state index in [1.54, 1.807) is 23.1 Å². The van der Waals surface area contributed by atoms with Crippen molar-refractivity contribution in [2.45, 2.75) is 31.8 Å². The number of hydrogen-bond donors (Lipinski definition) is 4. The fraction of sp³-hybridized carbons (Fsp3) is 0.222. The number of halogens is 2. The van der Waals surface area contributed by atoms with Gasteiger partial charge in [0.1, 0.15) is 28.7 Å². The van der Waals surface area contributed by atoms with E-state index in [0.717, 1.165) is 23.8 Å². The molecule has 5 N–H and O–H groups in total. The molecule has 0 saturated carbocycles. The summed E-state index contributed by atoms with van der Waals surface area (Å²) in [5.74, 6) is -2.45. The Kier molecular flexibility index (Phi) is 8.77. The number of rotatable bonds is 6. The van der Waals surface area contributed by atoms with Gasteiger partial charge in [0.15, 0.2) is 0 Å². The molecule has 1 fully saturated rings. The van der Waals surface area contributed by atoms with E-state index in [1.807, 2.05) is 6.20 Å². The Morgan fingerprint density at radius 2 is 1.69 bits per heavy atom. The Labute approximate surface area is 289 Å². The lowest BCUT2D eigenvalue weighted by Gasteiger charge is -2.30. The third-order valence-electron chi connectivity index (χ3n) is 9.21. The van der Waals surface area contributed by atoms with Gasteiger partial charge in [0, 0.05) is 72.7 Å². The number of likely N-dealkylation sites (tertiary alicyclic amines) is 1. The number of carbonyl (C=O) groups is 3. The Bertz CT molecular complexity index is 2240. The first-order chi connectivity index (χ1) is 24.6. The van der Waals surface area contributed by atoms with Crippen LogP contribution in [-0.4, -0.2) is 66.9 Å². The van der Waals surface area contributed by atoms with Gasteiger partial charge in [-0.25, -0.2) is 18.6 Å². The van der Waals surface area contributed by atoms with Gasteiger partial charge in [-0.2, -0.15) is 5.10 Å². The van der Waals surface area contributed by atoms with E-state index in [4.69, 9.17) is 5.73 Å². The van der Waals surface area contributed by atoms with Gasteiger partial charge in [-0.3, -0.25) is 19.1 Å². The van der Waals surface area contributed by atoms with Gasteiger partial charge in [-0.15, -0.1) is 0 Å². The highest BCUT2D eigenvalue weighted by atomic mass is 19.1. The highest BCUT2D eigenvalue weighted by molar-refractivity contribution is 6.07. The van der Waals surface area contributed by atoms with Crippen molar-refractivity contribution in [1.82, 2.24) is 29.5 Å². The summed E-state index contributed by atoms with van der Waals surface area (Å²) in [5.41, 5.74) is 7.35. The third kappa shape index (κ3) is 6.52. The number of piperidine rings is 1. The molecular weight excluding hydrogens is 662 g/mol. The fourth-order valence-corrected chi connectivity index (χ4v) is 6.53. The summed E-state index contributed by atoms with van der Waals surface area (Å²) in [4.78, 5) is 57.2. The van der Waals surface area contributed by atoms with Crippen LogP contribution in [0.3, 0.4) is 0 Å². The van der Waals surface area contributed by atoms with Crippen molar-refractivity contribution in [3.8, 4) is 33.4 Å². The van der Waals surface area contributed by atoms with Crippen LogP contribution in [0.25, 0.3) is 33.4 Å². The van der Waals surface area contributed by atoms with Crippen LogP contribution in [-0.2, 0) is 6.54 Å². The summed E-state index contributed by atoms with van der Waals surface area (Å²) in [5, 5.41) is 19.0. The zero-order chi connectivity index (χ0) is 35.8. The molecule has 1 saturated heterocycles. The number of fused-ring (bicyclic) bond motifs is 1. The SMILES string of the molecule is Nc1ncc(-c2cnn(C3CCN(C(=O)O)CC3)c2)cc1-c1ccc(NC(=O)c2cn3c(c(-c4ccc(F)cc4)c2=O)C(=O)NCCC3)cc1F. The molecule has 3 amide bonds. The Balaban J connectivity index is 1.14. The van der Waals surface area contributed by atoms with Gasteiger partial charge in [-0.1, -0.05) is 12.1 Å². The first-order valence-electron chi connectivity index (χ1n) is 16.3. The number of amides is 3. The number of nitrogens with zero attached hydrogens (tertiary/aromatic N) is 5. The molecule has 0 atom stereocenters. The second-order valence-electron chi connectivity index (χ2n) is 12.4. The molecule has 5 heterocycles. The molecule has 0 spiro atoms. The zero-order valence-electron chi connectivity index (χ0n) is 27.1. The maximum Gasteiger partial charge on any atom is 0.407 e. The van der Waals surface area contributed by atoms with Gasteiger partial charge in [-0.05, 0) is 61.2 Å². The van der Waals surface area contributed by atoms with E-state index in [-0.39, 0.29) is 45.5 Å². The van der Waals surface area contributed by atoms with Crippen LogP contribution in [0.1, 0.15) is 46.2 Å². The number of hydrogen-bond acceptors (Lipinski definition) is 7. The number of nitrogens with one attached hydrogen (secondary N) is 2. The van der Waals surface area contributed by atoms with Crippen LogP contribution in [0.4, 0.5) is 25.1 Å². The van der Waals surface area contributed by atoms with Crippen LogP contribution >= 0.6 is 0 Å². The normalized spacial score (nSPS) is 14.8. The monoisotopic (exact) mass is 694 g/mol. The number of carboxylic acid groups (broad SMARTS) is 1. The van der Waals surface area contributed by atoms with E-state index in [9.17, 15) is 28.7 Å². The average molecular weight is 695 g/mol. The molecule has 13 nitrogen and oxygen atoms in total. The molecule has 2 aliphatic heterocycles. The van der Waals surface area contributed by atoms with E-state index in [1.165, 1.54) is 39.9 Å². The summed E-state index contributed by atoms with van der Waals surface area (Å²) in [6.07, 6.45) is 7.24. The average Bonchev–Trinajstić information content (AvgIpc) is 3.54. The molecule has 2 aromatic carbocycles. The maximum absolute atomic E-state index is 15.7. The lowest BCUT2D eigenvalue weighted by atomic mass is 9.99. The molecule has 2 aliphatic rings. The molecule has 51 heavy (non-hydrogen) atoms. The van der Waals surface area contributed by atoms with Crippen LogP contribution in [0.2, 0.25) is 0 Å². The standard InChI is InChI=1S/C36H32F2N8O5/c37-23-4-2-20(3-5-23)30-31-35(49)40-10-1-11-45(31)19-28(32(30)47)34(48)43-24-6-7-26(29(38)15-24)27-14-21(16-41-33(27)39)22-17-42-46(18-22)25-8-12-44(13-9-25)36(50)51/h2-7,14-19,25H,1,8-13H2,(H2,39,41)(H,40,49)(H,43,48)(H,50,51). The summed E-state index contributed by atoms with van der Waals surface area (Å²) in [6, 6.07) is 10.8. The number of carbonyl (C=O) groups excluding carboxylic acids is 2. The topological polar surface area (TPSA) is 177 Å². The van der Waals surface area contributed by atoms with Crippen LogP contribution in [0, 0.1) is 11.6 Å². The molecule has 0 unspecified atom stereocenters. The van der Waals surface area contributed by atoms with Gasteiger partial charge >= 0.3 is 6.09 Å². The first-order valence-corrected chi connectivity index (χ1v) is 16.3. The van der Waals surface area contributed by atoms with E-state index >= 15 is 4.39 Å². The molecule has 260 valence electrons. The summed E-state index contributed by atoms with van der Waals surface area (Å²) in [6.45, 7) is 1.54. The lowest BCUT2D eigenvalue weighted by Crippen LogP contribution is -2.38. The maximum atomic E-state index is 15.7. The predicted molar refractivity (Wildman–Crippen MR) is 184 cm³/mol. The van der Waals surface area contributed by atoms with Crippen LogP contribution in [0.5, 0.6) is 0 Å². The van der Waals surface area contributed by atoms with Crippen molar-refractivity contribution in [1.29, 1.82) is 0 Å². The summed E-state index contributed by atoms with van der Waals surface area (Å²) >= 11 is 0.